The molecule has 1 fully saturated rings. The molecule has 0 radical (unpaired) electrons. The highest BCUT2D eigenvalue weighted by Crippen LogP contribution is 2.48. The van der Waals surface area contributed by atoms with Crippen molar-refractivity contribution in [2.24, 2.45) is 5.92 Å². The topological polar surface area (TPSA) is 155 Å². The number of hydrogen-bond acceptors (Lipinski definition) is 11. The average Bonchev–Trinajstić information content (AvgIpc) is 3.90. The molecule has 2 aromatic heterocycles. The van der Waals surface area contributed by atoms with Gasteiger partial charge in [-0.25, -0.2) is 15.0 Å². The number of carbonyl (C=O) groups excluding carboxylic acids is 3. The second kappa shape index (κ2) is 16.3. The second-order valence-corrected chi connectivity index (χ2v) is 16.5. The molecule has 1 saturated heterocycles. The summed E-state index contributed by atoms with van der Waals surface area (Å²) in [5, 5.41) is 12.9. The molecule has 9 rings (SSSR count). The highest BCUT2D eigenvalue weighted by atomic mass is 16.6. The molecule has 0 spiro atoms. The van der Waals surface area contributed by atoms with Crippen molar-refractivity contribution >= 4 is 34.5 Å². The van der Waals surface area contributed by atoms with Gasteiger partial charge in [-0.05, 0) is 67.8 Å². The minimum Gasteiger partial charge on any atom is -0.497 e. The number of imidazole rings is 1. The Bertz CT molecular complexity index is 2760. The van der Waals surface area contributed by atoms with Crippen molar-refractivity contribution in [3.05, 3.63) is 179 Å². The van der Waals surface area contributed by atoms with Gasteiger partial charge in [-0.15, -0.1) is 0 Å². The Labute approximate surface area is 363 Å². The number of Topliss-reactive ketones (excluding diaryl/α,β-unsaturated/α-hetero) is 2. The molecule has 1 amide bonds. The van der Waals surface area contributed by atoms with Crippen molar-refractivity contribution in [1.82, 2.24) is 19.5 Å². The number of nitrogens with zero attached hydrogens (tertiary/aromatic N) is 5. The van der Waals surface area contributed by atoms with Gasteiger partial charge in [0.25, 0.3) is 5.91 Å². The zero-order valence-corrected chi connectivity index (χ0v) is 35.3. The van der Waals surface area contributed by atoms with Gasteiger partial charge in [0.15, 0.2) is 34.7 Å². The lowest BCUT2D eigenvalue weighted by Crippen LogP contribution is -2.49. The van der Waals surface area contributed by atoms with Crippen LogP contribution in [0.5, 0.6) is 11.5 Å². The van der Waals surface area contributed by atoms with E-state index in [0.29, 0.717) is 28.2 Å². The quantitative estimate of drug-likeness (QED) is 0.107. The number of ketones is 2. The van der Waals surface area contributed by atoms with Gasteiger partial charge in [-0.3, -0.25) is 23.9 Å². The number of aromatic nitrogens is 4. The fourth-order valence-corrected chi connectivity index (χ4v) is 8.82. The molecule has 7 aromatic rings. The Morgan fingerprint density at radius 3 is 1.86 bits per heavy atom. The summed E-state index contributed by atoms with van der Waals surface area (Å²) in [7, 11) is 3.16. The number of fused-ring (bicyclic) bond motifs is 3. The third-order valence-electron chi connectivity index (χ3n) is 11.8. The molecular formula is C50H45N5O8. The zero-order chi connectivity index (χ0) is 44.0. The second-order valence-electron chi connectivity index (χ2n) is 16.5. The first-order valence-corrected chi connectivity index (χ1v) is 20.6. The van der Waals surface area contributed by atoms with Gasteiger partial charge in [-0.2, -0.15) is 0 Å². The first-order valence-electron chi connectivity index (χ1n) is 20.6. The standard InChI is InChI=1S/C50H45N5O8/c1-49(2,3)55-46-39-45(51-28-52-46)54(29-53-39)48-38(41(57)36-18-12-13-19-37(36)47(55)59)42(58)43(62-48)44(40(56)30-14-8-6-9-15-30)63-50(31-16-10-7-11-17-31,32-20-24-34(60-4)25-21-32)33-22-26-35(61-5)27-23-33/h6-29,38,42-44,48,58H,1-5H3/t38-,42+,43+,44?,48-/m1/s1. The summed E-state index contributed by atoms with van der Waals surface area (Å²) in [4.78, 5) is 60.7. The van der Waals surface area contributed by atoms with E-state index in [1.165, 1.54) is 17.6 Å². The minimum absolute atomic E-state index is 0.0685. The Balaban J connectivity index is 1.28. The van der Waals surface area contributed by atoms with E-state index < -0.39 is 59.1 Å². The molecule has 0 aliphatic carbocycles. The summed E-state index contributed by atoms with van der Waals surface area (Å²) in [5.41, 5.74) is 0.550. The lowest BCUT2D eigenvalue weighted by molar-refractivity contribution is -0.126. The molecule has 4 bridgehead atoms. The molecule has 13 nitrogen and oxygen atoms in total. The highest BCUT2D eigenvalue weighted by molar-refractivity contribution is 6.16. The maximum atomic E-state index is 15.4. The van der Waals surface area contributed by atoms with E-state index in [9.17, 15) is 9.90 Å². The predicted molar refractivity (Wildman–Crippen MR) is 234 cm³/mol. The van der Waals surface area contributed by atoms with Gasteiger partial charge in [-0.1, -0.05) is 103 Å². The third kappa shape index (κ3) is 7.04. The molecule has 1 N–H and O–H groups in total. The molecule has 318 valence electrons. The smallest absolute Gasteiger partial charge is 0.260 e. The Morgan fingerprint density at radius 2 is 1.27 bits per heavy atom. The van der Waals surface area contributed by atoms with Crippen molar-refractivity contribution in [2.75, 3.05) is 19.1 Å². The molecule has 4 heterocycles. The summed E-state index contributed by atoms with van der Waals surface area (Å²) in [5.74, 6) is -1.53. The lowest BCUT2D eigenvalue weighted by Gasteiger charge is -2.40. The Hall–Kier alpha value is -7.06. The van der Waals surface area contributed by atoms with Crippen LogP contribution in [0.3, 0.4) is 0 Å². The molecule has 5 atom stereocenters. The maximum Gasteiger partial charge on any atom is 0.260 e. The largest absolute Gasteiger partial charge is 0.497 e. The van der Waals surface area contributed by atoms with Crippen LogP contribution in [0, 0.1) is 5.92 Å². The van der Waals surface area contributed by atoms with Gasteiger partial charge in [0.2, 0.25) is 0 Å². The lowest BCUT2D eigenvalue weighted by atomic mass is 9.79. The first-order chi connectivity index (χ1) is 30.5. The Kier molecular flexibility index (Phi) is 10.7. The van der Waals surface area contributed by atoms with Crippen molar-refractivity contribution < 1.29 is 38.4 Å². The van der Waals surface area contributed by atoms with E-state index >= 15 is 9.59 Å². The van der Waals surface area contributed by atoms with E-state index in [4.69, 9.17) is 23.9 Å². The molecular weight excluding hydrogens is 799 g/mol. The van der Waals surface area contributed by atoms with Crippen molar-refractivity contribution in [3.63, 3.8) is 0 Å². The van der Waals surface area contributed by atoms with E-state index in [2.05, 4.69) is 9.97 Å². The molecule has 2 aliphatic heterocycles. The molecule has 0 saturated carbocycles. The van der Waals surface area contributed by atoms with Gasteiger partial charge in [0.1, 0.15) is 35.8 Å². The van der Waals surface area contributed by atoms with Crippen molar-refractivity contribution in [3.8, 4) is 11.5 Å². The van der Waals surface area contributed by atoms with Crippen LogP contribution < -0.4 is 14.4 Å². The number of rotatable bonds is 10. The number of aliphatic hydroxyl groups excluding tert-OH is 1. The summed E-state index contributed by atoms with van der Waals surface area (Å²) < 4.78 is 27.1. The van der Waals surface area contributed by atoms with Gasteiger partial charge in [0.05, 0.1) is 38.1 Å². The number of amides is 1. The average molecular weight is 844 g/mol. The van der Waals surface area contributed by atoms with Crippen LogP contribution >= 0.6 is 0 Å². The van der Waals surface area contributed by atoms with Crippen LogP contribution in [0.25, 0.3) is 11.2 Å². The fourth-order valence-electron chi connectivity index (χ4n) is 8.82. The Morgan fingerprint density at radius 1 is 0.714 bits per heavy atom. The predicted octanol–water partition coefficient (Wildman–Crippen LogP) is 7.62. The van der Waals surface area contributed by atoms with E-state index in [0.717, 1.165) is 0 Å². The van der Waals surface area contributed by atoms with Crippen LogP contribution in [0.2, 0.25) is 0 Å². The monoisotopic (exact) mass is 843 g/mol. The fraction of sp³-hybridized carbons (Fsp3) is 0.240. The molecule has 13 heteroatoms. The van der Waals surface area contributed by atoms with Crippen LogP contribution in [0.4, 0.5) is 5.82 Å². The number of anilines is 1. The molecule has 2 aliphatic rings. The summed E-state index contributed by atoms with van der Waals surface area (Å²) in [6.07, 6.45) is -3.23. The summed E-state index contributed by atoms with van der Waals surface area (Å²) in [6.45, 7) is 5.59. The van der Waals surface area contributed by atoms with Gasteiger partial charge in [0, 0.05) is 16.7 Å². The van der Waals surface area contributed by atoms with Crippen LogP contribution in [-0.4, -0.2) is 80.2 Å². The first kappa shape index (κ1) is 41.3. The zero-order valence-electron chi connectivity index (χ0n) is 35.3. The SMILES string of the molecule is COc1ccc(C(OC(C(=O)c2ccccc2)[C@H]2O[C@@H]3[C@H](C(=O)c4ccccc4C(=O)N(C(C)(C)C)c4ncnc5c4ncn53)[C@@H]2O)(c2ccccc2)c2ccc(OC)cc2)cc1. The number of methoxy groups -OCH3 is 2. The van der Waals surface area contributed by atoms with Gasteiger partial charge < -0.3 is 24.1 Å². The number of ether oxygens (including phenoxy) is 4. The van der Waals surface area contributed by atoms with Crippen LogP contribution in [0.1, 0.15) is 74.8 Å². The van der Waals surface area contributed by atoms with Crippen molar-refractivity contribution in [1.29, 1.82) is 0 Å². The van der Waals surface area contributed by atoms with Crippen LogP contribution in [-0.2, 0) is 15.1 Å². The summed E-state index contributed by atoms with van der Waals surface area (Å²) in [6, 6.07) is 39.3. The van der Waals surface area contributed by atoms with E-state index in [-0.39, 0.29) is 33.7 Å². The molecule has 63 heavy (non-hydrogen) atoms. The van der Waals surface area contributed by atoms with Crippen molar-refractivity contribution in [2.45, 2.75) is 56.5 Å². The normalized spacial score (nSPS) is 19.3. The highest BCUT2D eigenvalue weighted by Gasteiger charge is 2.56. The minimum atomic E-state index is -1.68. The van der Waals surface area contributed by atoms with E-state index in [1.807, 2.05) is 99.6 Å². The van der Waals surface area contributed by atoms with E-state index in [1.54, 1.807) is 73.4 Å². The third-order valence-corrected chi connectivity index (χ3v) is 11.8. The number of carbonyl (C=O) groups is 3. The summed E-state index contributed by atoms with van der Waals surface area (Å²) >= 11 is 0. The van der Waals surface area contributed by atoms with Gasteiger partial charge >= 0.3 is 0 Å². The maximum absolute atomic E-state index is 15.4. The van der Waals surface area contributed by atoms with Crippen LogP contribution in [0.15, 0.2) is 146 Å². The number of hydrogen-bond donors (Lipinski definition) is 1. The number of aliphatic hydroxyl groups is 1. The molecule has 1 unspecified atom stereocenters. The molecule has 5 aromatic carbocycles. The number of benzene rings is 5.